The number of carbonyl (C=O) groups excluding carboxylic acids is 2. The molecule has 2 aliphatic rings. The minimum Gasteiger partial charge on any atom is -0.370 e. The first-order valence-electron chi connectivity index (χ1n) is 10.8. The van der Waals surface area contributed by atoms with E-state index in [1.807, 2.05) is 35.2 Å². The van der Waals surface area contributed by atoms with Crippen molar-refractivity contribution < 1.29 is 14.3 Å². The molecule has 158 valence electrons. The number of pyridine rings is 1. The molecule has 0 bridgehead atoms. The van der Waals surface area contributed by atoms with Crippen LogP contribution in [0.3, 0.4) is 0 Å². The molecule has 4 rings (SSSR count). The zero-order valence-corrected chi connectivity index (χ0v) is 17.3. The predicted octanol–water partition coefficient (Wildman–Crippen LogP) is 3.28. The van der Waals surface area contributed by atoms with Crippen LogP contribution in [0.1, 0.15) is 48.0 Å². The lowest BCUT2D eigenvalue weighted by Crippen LogP contribution is -2.46. The number of rotatable bonds is 5. The number of hydrogen-bond acceptors (Lipinski definition) is 4. The average Bonchev–Trinajstić information content (AvgIpc) is 2.98. The van der Waals surface area contributed by atoms with Crippen LogP contribution in [0.4, 0.5) is 0 Å². The van der Waals surface area contributed by atoms with Crippen LogP contribution in [-0.2, 0) is 16.1 Å². The van der Waals surface area contributed by atoms with Crippen LogP contribution in [-0.4, -0.2) is 58.4 Å². The Morgan fingerprint density at radius 1 is 1.00 bits per heavy atom. The van der Waals surface area contributed by atoms with E-state index < -0.39 is 0 Å². The van der Waals surface area contributed by atoms with Crippen LogP contribution in [0.5, 0.6) is 0 Å². The van der Waals surface area contributed by atoms with E-state index in [0.29, 0.717) is 25.3 Å². The molecule has 1 atom stereocenters. The van der Waals surface area contributed by atoms with Crippen LogP contribution in [0.15, 0.2) is 54.9 Å². The molecular weight excluding hydrogens is 378 g/mol. The minimum atomic E-state index is -0.218. The van der Waals surface area contributed by atoms with Crippen molar-refractivity contribution in [1.29, 1.82) is 0 Å². The van der Waals surface area contributed by atoms with Crippen LogP contribution < -0.4 is 0 Å². The molecule has 6 heteroatoms. The van der Waals surface area contributed by atoms with Gasteiger partial charge in [-0.15, -0.1) is 0 Å². The van der Waals surface area contributed by atoms with Gasteiger partial charge >= 0.3 is 0 Å². The fourth-order valence-electron chi connectivity index (χ4n) is 4.41. The molecule has 30 heavy (non-hydrogen) atoms. The zero-order valence-electron chi connectivity index (χ0n) is 17.3. The van der Waals surface area contributed by atoms with Crippen molar-refractivity contribution in [3.05, 3.63) is 66.0 Å². The minimum absolute atomic E-state index is 0.0233. The normalized spacial score (nSPS) is 20.8. The van der Waals surface area contributed by atoms with Gasteiger partial charge in [0.25, 0.3) is 5.91 Å². The smallest absolute Gasteiger partial charge is 0.254 e. The quantitative estimate of drug-likeness (QED) is 0.763. The Labute approximate surface area is 177 Å². The Bertz CT molecular complexity index is 837. The van der Waals surface area contributed by atoms with Gasteiger partial charge in [-0.25, -0.2) is 0 Å². The summed E-state index contributed by atoms with van der Waals surface area (Å²) in [6, 6.07) is 13.7. The van der Waals surface area contributed by atoms with Crippen molar-refractivity contribution in [2.24, 2.45) is 0 Å². The molecule has 2 aromatic rings. The second kappa shape index (κ2) is 9.85. The summed E-state index contributed by atoms with van der Waals surface area (Å²) in [4.78, 5) is 33.8. The fourth-order valence-corrected chi connectivity index (χ4v) is 4.41. The summed E-state index contributed by atoms with van der Waals surface area (Å²) in [7, 11) is 0. The molecule has 1 unspecified atom stereocenters. The molecule has 2 amide bonds. The highest BCUT2D eigenvalue weighted by molar-refractivity contribution is 5.96. The summed E-state index contributed by atoms with van der Waals surface area (Å²) < 4.78 is 6.23. The van der Waals surface area contributed by atoms with Crippen LogP contribution >= 0.6 is 0 Å². The van der Waals surface area contributed by atoms with Gasteiger partial charge in [0.1, 0.15) is 6.54 Å². The fraction of sp³-hybridized carbons (Fsp3) is 0.458. The van der Waals surface area contributed by atoms with Crippen molar-refractivity contribution in [3.8, 4) is 0 Å². The number of hydrogen-bond donors (Lipinski definition) is 0. The number of benzene rings is 1. The SMILES string of the molecule is O=C(c1ccncc1)N1CC(=O)N(C2CCCCC2)CC(OCc2ccccc2)C1. The Hall–Kier alpha value is -2.73. The summed E-state index contributed by atoms with van der Waals surface area (Å²) in [6.45, 7) is 1.51. The number of amides is 2. The molecule has 1 aromatic heterocycles. The predicted molar refractivity (Wildman–Crippen MR) is 114 cm³/mol. The highest BCUT2D eigenvalue weighted by atomic mass is 16.5. The molecule has 1 aromatic carbocycles. The lowest BCUT2D eigenvalue weighted by molar-refractivity contribution is -0.134. The summed E-state index contributed by atoms with van der Waals surface area (Å²) in [6.07, 6.45) is 8.61. The van der Waals surface area contributed by atoms with Crippen molar-refractivity contribution in [2.45, 2.75) is 50.9 Å². The maximum Gasteiger partial charge on any atom is 0.254 e. The molecule has 0 spiro atoms. The zero-order chi connectivity index (χ0) is 20.8. The molecule has 1 aliphatic heterocycles. The Kier molecular flexibility index (Phi) is 6.74. The maximum atomic E-state index is 13.1. The van der Waals surface area contributed by atoms with Crippen LogP contribution in [0.2, 0.25) is 0 Å². The Balaban J connectivity index is 1.52. The Morgan fingerprint density at radius 2 is 1.73 bits per heavy atom. The van der Waals surface area contributed by atoms with Gasteiger partial charge in [-0.05, 0) is 30.5 Å². The van der Waals surface area contributed by atoms with Crippen molar-refractivity contribution in [3.63, 3.8) is 0 Å². The van der Waals surface area contributed by atoms with E-state index in [-0.39, 0.29) is 30.5 Å². The number of carbonyl (C=O) groups is 2. The molecular formula is C24H29N3O3. The van der Waals surface area contributed by atoms with Crippen molar-refractivity contribution >= 4 is 11.8 Å². The van der Waals surface area contributed by atoms with Gasteiger partial charge < -0.3 is 14.5 Å². The molecule has 1 saturated heterocycles. The monoisotopic (exact) mass is 407 g/mol. The molecule has 1 saturated carbocycles. The molecule has 0 N–H and O–H groups in total. The van der Waals surface area contributed by atoms with Gasteiger partial charge in [-0.2, -0.15) is 0 Å². The first kappa shape index (κ1) is 20.5. The lowest BCUT2D eigenvalue weighted by Gasteiger charge is -2.34. The van der Waals surface area contributed by atoms with Crippen molar-refractivity contribution in [2.75, 3.05) is 19.6 Å². The number of ether oxygens (including phenoxy) is 1. The van der Waals surface area contributed by atoms with Gasteiger partial charge in [0.2, 0.25) is 5.91 Å². The van der Waals surface area contributed by atoms with E-state index in [0.717, 1.165) is 31.2 Å². The van der Waals surface area contributed by atoms with E-state index in [1.165, 1.54) is 6.42 Å². The van der Waals surface area contributed by atoms with Crippen LogP contribution in [0.25, 0.3) is 0 Å². The molecule has 1 aliphatic carbocycles. The van der Waals surface area contributed by atoms with E-state index in [1.54, 1.807) is 29.4 Å². The first-order chi connectivity index (χ1) is 14.7. The third-order valence-electron chi connectivity index (χ3n) is 6.03. The topological polar surface area (TPSA) is 62.7 Å². The molecule has 0 radical (unpaired) electrons. The van der Waals surface area contributed by atoms with Gasteiger partial charge in [-0.1, -0.05) is 49.6 Å². The first-order valence-corrected chi connectivity index (χ1v) is 10.8. The summed E-state index contributed by atoms with van der Waals surface area (Å²) in [5.41, 5.74) is 1.63. The molecule has 2 heterocycles. The largest absolute Gasteiger partial charge is 0.370 e. The van der Waals surface area contributed by atoms with E-state index in [2.05, 4.69) is 4.98 Å². The summed E-state index contributed by atoms with van der Waals surface area (Å²) >= 11 is 0. The highest BCUT2D eigenvalue weighted by Gasteiger charge is 2.35. The van der Waals surface area contributed by atoms with E-state index in [9.17, 15) is 9.59 Å². The van der Waals surface area contributed by atoms with Gasteiger partial charge in [0, 0.05) is 37.1 Å². The molecule has 2 fully saturated rings. The second-order valence-corrected chi connectivity index (χ2v) is 8.18. The van der Waals surface area contributed by atoms with Crippen LogP contribution in [0, 0.1) is 0 Å². The van der Waals surface area contributed by atoms with Crippen molar-refractivity contribution in [1.82, 2.24) is 14.8 Å². The lowest BCUT2D eigenvalue weighted by atomic mass is 9.94. The van der Waals surface area contributed by atoms with Gasteiger partial charge in [0.05, 0.1) is 12.7 Å². The molecule has 6 nitrogen and oxygen atoms in total. The summed E-state index contributed by atoms with van der Waals surface area (Å²) in [5.74, 6) is -0.125. The average molecular weight is 408 g/mol. The third kappa shape index (κ3) is 5.05. The van der Waals surface area contributed by atoms with Gasteiger partial charge in [-0.3, -0.25) is 14.6 Å². The third-order valence-corrected chi connectivity index (χ3v) is 6.03. The number of aromatic nitrogens is 1. The van der Waals surface area contributed by atoms with E-state index in [4.69, 9.17) is 4.74 Å². The summed E-state index contributed by atoms with van der Waals surface area (Å²) in [5, 5.41) is 0. The highest BCUT2D eigenvalue weighted by Crippen LogP contribution is 2.25. The van der Waals surface area contributed by atoms with Gasteiger partial charge in [0.15, 0.2) is 0 Å². The second-order valence-electron chi connectivity index (χ2n) is 8.18. The Morgan fingerprint density at radius 3 is 2.47 bits per heavy atom. The van der Waals surface area contributed by atoms with E-state index >= 15 is 0 Å². The maximum absolute atomic E-state index is 13.1. The standard InChI is InChI=1S/C24H29N3O3/c28-23-17-26(24(29)20-11-13-25-14-12-20)15-22(30-18-19-7-3-1-4-8-19)16-27(23)21-9-5-2-6-10-21/h1,3-4,7-8,11-14,21-22H,2,5-6,9-10,15-18H2. The number of nitrogens with zero attached hydrogens (tertiary/aromatic N) is 3.